The summed E-state index contributed by atoms with van der Waals surface area (Å²) in [5.74, 6) is -2.36. The number of benzene rings is 2. The standard InChI is InChI=1S/C21H32O26P6/c1-9-10-7-8-21(2,40-14(10)12-6-4-3-5-11(12)13(9)22)47-53(38,39)46-20-18(44-51(32,33)34)16(42-49(26,27)28)15(41-48(23,24)25)17(43-50(29,30)31)19(20)45-52(35,36)37/h3-6,15-20,22H,7-8H2,1-2H3,(H,38,39)(H2,23,24,25)(H2,26,27,28)(H2,29,30,31)(H2,32,33,34)(H2,35,36,37)/p-3/t15-,16-,17+,18-,19-,20-,21?/m0/s1. The number of rotatable bonds is 14. The van der Waals surface area contributed by atoms with E-state index in [2.05, 4.69) is 22.6 Å². The second kappa shape index (κ2) is 15.4. The summed E-state index contributed by atoms with van der Waals surface area (Å²) in [7, 11) is -37.7. The fourth-order valence-electron chi connectivity index (χ4n) is 5.71. The topological polar surface area (TPSA) is 428 Å². The van der Waals surface area contributed by atoms with Crippen LogP contribution in [0.5, 0.6) is 11.5 Å². The van der Waals surface area contributed by atoms with E-state index in [-0.39, 0.29) is 35.1 Å². The molecule has 1 fully saturated rings. The first-order valence-corrected chi connectivity index (χ1v) is 23.1. The number of phosphoric ester groups is 6. The van der Waals surface area contributed by atoms with Crippen LogP contribution in [0.1, 0.15) is 24.5 Å². The zero-order valence-electron chi connectivity index (χ0n) is 26.3. The summed E-state index contributed by atoms with van der Waals surface area (Å²) < 4.78 is 110. The molecule has 2 aliphatic rings. The van der Waals surface area contributed by atoms with Crippen LogP contribution in [0.2, 0.25) is 0 Å². The molecule has 1 saturated carbocycles. The fraction of sp³-hybridized carbons (Fsp3) is 0.524. The fourth-order valence-corrected chi connectivity index (χ4v) is 9.67. The van der Waals surface area contributed by atoms with Gasteiger partial charge in [0.1, 0.15) is 48.1 Å². The Bertz CT molecular complexity index is 1930. The van der Waals surface area contributed by atoms with Crippen molar-refractivity contribution in [2.24, 2.45) is 0 Å². The van der Waals surface area contributed by atoms with Crippen molar-refractivity contribution in [3.05, 3.63) is 35.4 Å². The van der Waals surface area contributed by atoms with Crippen LogP contribution in [0.3, 0.4) is 0 Å². The van der Waals surface area contributed by atoms with Gasteiger partial charge in [0.2, 0.25) is 5.79 Å². The maximum Gasteiger partial charge on any atom is 0.475 e. The molecule has 302 valence electrons. The molecule has 9 N–H and O–H groups in total. The quantitative estimate of drug-likeness (QED) is 0.102. The molecule has 9 atom stereocenters. The highest BCUT2D eigenvalue weighted by atomic mass is 31.2. The number of phenolic OH excluding ortho intramolecular Hbond substituents is 1. The van der Waals surface area contributed by atoms with Gasteiger partial charge in [0.25, 0.3) is 7.82 Å². The van der Waals surface area contributed by atoms with E-state index in [9.17, 15) is 86.3 Å². The second-order valence-electron chi connectivity index (χ2n) is 11.4. The van der Waals surface area contributed by atoms with Gasteiger partial charge in [0, 0.05) is 29.7 Å². The predicted molar refractivity (Wildman–Crippen MR) is 161 cm³/mol. The first-order valence-electron chi connectivity index (χ1n) is 14.1. The lowest BCUT2D eigenvalue weighted by Crippen LogP contribution is -2.67. The Morgan fingerprint density at radius 1 is 0.679 bits per heavy atom. The first kappa shape index (κ1) is 44.7. The molecule has 26 nitrogen and oxygen atoms in total. The van der Waals surface area contributed by atoms with Crippen LogP contribution in [0.4, 0.5) is 0 Å². The number of aromatic hydroxyl groups is 1. The van der Waals surface area contributed by atoms with Gasteiger partial charge in [-0.25, -0.2) is 22.8 Å². The monoisotopic (exact) mass is 883 g/mol. The molecule has 0 bridgehead atoms. The van der Waals surface area contributed by atoms with Crippen molar-refractivity contribution in [3.63, 3.8) is 0 Å². The molecule has 0 amide bonds. The van der Waals surface area contributed by atoms with E-state index in [0.717, 1.165) is 6.92 Å². The summed E-state index contributed by atoms with van der Waals surface area (Å²) in [6, 6.07) is 6.13. The molecule has 3 unspecified atom stereocenters. The Labute approximate surface area is 296 Å². The summed E-state index contributed by atoms with van der Waals surface area (Å²) in [6.07, 6.45) is -20.2. The number of fused-ring (bicyclic) bond motifs is 3. The molecule has 2 aromatic carbocycles. The molecule has 4 rings (SSSR count). The highest BCUT2D eigenvalue weighted by molar-refractivity contribution is 7.48. The van der Waals surface area contributed by atoms with Crippen molar-refractivity contribution in [1.29, 1.82) is 0 Å². The number of hydrogen-bond acceptors (Lipinski definition) is 18. The Morgan fingerprint density at radius 3 is 1.53 bits per heavy atom. The summed E-state index contributed by atoms with van der Waals surface area (Å²) >= 11 is 0. The van der Waals surface area contributed by atoms with Crippen LogP contribution in [-0.4, -0.2) is 86.7 Å². The molecule has 53 heavy (non-hydrogen) atoms. The smallest absolute Gasteiger partial charge is 0.475 e. The lowest BCUT2D eigenvalue weighted by atomic mass is 9.85. The van der Waals surface area contributed by atoms with Gasteiger partial charge in [0.15, 0.2) is 0 Å². The molecule has 0 aromatic heterocycles. The van der Waals surface area contributed by atoms with Crippen LogP contribution in [0.25, 0.3) is 10.8 Å². The Hall–Kier alpha value is -1.04. The molecule has 1 aliphatic heterocycles. The summed E-state index contributed by atoms with van der Waals surface area (Å²) in [5.41, 5.74) is 0.757. The molecule has 0 spiro atoms. The predicted octanol–water partition coefficient (Wildman–Crippen LogP) is -1.10. The first-order chi connectivity index (χ1) is 23.8. The van der Waals surface area contributed by atoms with E-state index >= 15 is 0 Å². The van der Waals surface area contributed by atoms with E-state index in [4.69, 9.17) is 13.8 Å². The van der Waals surface area contributed by atoms with Crippen LogP contribution < -0.4 is 19.4 Å². The van der Waals surface area contributed by atoms with E-state index in [0.29, 0.717) is 11.1 Å². The average Bonchev–Trinajstić information content (AvgIpc) is 2.93. The number of ether oxygens (including phenoxy) is 1. The normalized spacial score (nSPS) is 29.5. The lowest BCUT2D eigenvalue weighted by molar-refractivity contribution is -0.353. The van der Waals surface area contributed by atoms with Crippen LogP contribution in [-0.2, 0) is 65.5 Å². The number of hydrogen-bond donors (Lipinski definition) is 9. The molecule has 2 aromatic rings. The minimum atomic E-state index is -6.64. The highest BCUT2D eigenvalue weighted by Gasteiger charge is 2.62. The molecule has 1 aliphatic carbocycles. The molecule has 32 heteroatoms. The van der Waals surface area contributed by atoms with Crippen LogP contribution >= 0.6 is 46.9 Å². The van der Waals surface area contributed by atoms with Crippen molar-refractivity contribution in [2.45, 2.75) is 69.1 Å². The van der Waals surface area contributed by atoms with Gasteiger partial charge < -0.3 is 77.3 Å². The van der Waals surface area contributed by atoms with Gasteiger partial charge >= 0.3 is 31.3 Å². The van der Waals surface area contributed by atoms with Gasteiger partial charge in [-0.15, -0.1) is 0 Å². The van der Waals surface area contributed by atoms with Gasteiger partial charge in [-0.3, -0.25) is 22.7 Å². The third kappa shape index (κ3) is 12.0. The Morgan fingerprint density at radius 2 is 1.09 bits per heavy atom. The van der Waals surface area contributed by atoms with Gasteiger partial charge in [-0.05, 0) is 18.9 Å². The maximum atomic E-state index is 13.7. The third-order valence-corrected chi connectivity index (χ3v) is 11.1. The number of phosphoric acid groups is 6. The molecule has 1 heterocycles. The van der Waals surface area contributed by atoms with Crippen molar-refractivity contribution in [2.75, 3.05) is 0 Å². The largest absolute Gasteiger partial charge is 0.790 e. The highest BCUT2D eigenvalue weighted by Crippen LogP contribution is 2.59. The Kier molecular flexibility index (Phi) is 13.0. The summed E-state index contributed by atoms with van der Waals surface area (Å²) in [5, 5.41) is 11.2. The molecular formula is C21H29O26P6-3. The van der Waals surface area contributed by atoms with Gasteiger partial charge in [-0.2, -0.15) is 0 Å². The Balaban J connectivity index is 1.87. The van der Waals surface area contributed by atoms with Gasteiger partial charge in [-0.1, -0.05) is 24.3 Å². The maximum absolute atomic E-state index is 13.7. The third-order valence-electron chi connectivity index (χ3n) is 7.44. The van der Waals surface area contributed by atoms with Crippen molar-refractivity contribution < 1.29 is 123 Å². The minimum absolute atomic E-state index is 0.0152. The zero-order valence-corrected chi connectivity index (χ0v) is 31.7. The minimum Gasteiger partial charge on any atom is -0.790 e. The summed E-state index contributed by atoms with van der Waals surface area (Å²) in [4.78, 5) is 113. The second-order valence-corrected chi connectivity index (χ2v) is 18.6. The average molecular weight is 883 g/mol. The zero-order chi connectivity index (χ0) is 40.3. The number of phenols is 1. The van der Waals surface area contributed by atoms with E-state index < -0.39 is 89.3 Å². The van der Waals surface area contributed by atoms with E-state index in [1.165, 1.54) is 19.1 Å². The van der Waals surface area contributed by atoms with E-state index in [1.807, 2.05) is 0 Å². The van der Waals surface area contributed by atoms with Crippen LogP contribution in [0, 0.1) is 6.92 Å². The van der Waals surface area contributed by atoms with Crippen molar-refractivity contribution in [1.82, 2.24) is 0 Å². The van der Waals surface area contributed by atoms with Crippen molar-refractivity contribution in [3.8, 4) is 11.5 Å². The summed E-state index contributed by atoms with van der Waals surface area (Å²) in [6.45, 7) is 2.59. The molecular weight excluding hydrogens is 854 g/mol. The SMILES string of the molecule is Cc1c2c(c3ccccc3c1O)OC(C)(OP(=O)(O)O[C@@H]1[C@@H](OP(=O)([O-])O)[C@H](OP(=O)([O-])[O-])[C@@H](OP(=O)(O)O)[C@H](OP(=O)(O)O)[C@@H]1OP(=O)(O)O)CC2. The lowest BCUT2D eigenvalue weighted by Gasteiger charge is -2.51. The molecule has 0 radical (unpaired) electrons. The van der Waals surface area contributed by atoms with Gasteiger partial charge in [0.05, 0.1) is 7.82 Å². The van der Waals surface area contributed by atoms with Crippen molar-refractivity contribution >= 4 is 57.7 Å². The van der Waals surface area contributed by atoms with E-state index in [1.54, 1.807) is 12.1 Å². The molecule has 0 saturated heterocycles. The van der Waals surface area contributed by atoms with Crippen LogP contribution in [0.15, 0.2) is 24.3 Å².